The number of hydrogen-bond acceptors (Lipinski definition) is 8. The highest BCUT2D eigenvalue weighted by Crippen LogP contribution is 2.32. The second-order valence-electron chi connectivity index (χ2n) is 5.85. The van der Waals surface area contributed by atoms with E-state index in [-0.39, 0.29) is 0 Å². The molecule has 2 aliphatic heterocycles. The summed E-state index contributed by atoms with van der Waals surface area (Å²) in [6.45, 7) is 2.53. The first kappa shape index (κ1) is 14.1. The number of ether oxygens (including phenoxy) is 2. The number of cyclic esters (lactones) is 1. The number of carbonyl (C=O) groups excluding carboxylic acids is 1. The van der Waals surface area contributed by atoms with Crippen LogP contribution in [0.25, 0.3) is 11.4 Å². The zero-order chi connectivity index (χ0) is 15.7. The van der Waals surface area contributed by atoms with Gasteiger partial charge in [-0.2, -0.15) is 4.98 Å². The minimum absolute atomic E-state index is 0.354. The Morgan fingerprint density at radius 2 is 2.00 bits per heavy atom. The number of likely N-dealkylation sites (tertiary alicyclic amines) is 1. The van der Waals surface area contributed by atoms with Gasteiger partial charge in [0.15, 0.2) is 5.60 Å². The smallest absolute Gasteiger partial charge is 0.430 e. The van der Waals surface area contributed by atoms with Gasteiger partial charge in [-0.3, -0.25) is 9.88 Å². The summed E-state index contributed by atoms with van der Waals surface area (Å²) in [6, 6.07) is 3.68. The summed E-state index contributed by atoms with van der Waals surface area (Å²) in [5.74, 6) is 1.14. The van der Waals surface area contributed by atoms with Crippen molar-refractivity contribution in [1.29, 1.82) is 0 Å². The summed E-state index contributed by atoms with van der Waals surface area (Å²) in [5, 5.41) is 4.00. The predicted octanol–water partition coefficient (Wildman–Crippen LogP) is 1.63. The SMILES string of the molecule is O=C1OCC2(CCN(Cc3nc(-c4ccncc4)no3)CC2)O1. The lowest BCUT2D eigenvalue weighted by Gasteiger charge is -2.35. The maximum Gasteiger partial charge on any atom is 0.509 e. The van der Waals surface area contributed by atoms with Gasteiger partial charge >= 0.3 is 6.16 Å². The van der Waals surface area contributed by atoms with Gasteiger partial charge in [0, 0.05) is 43.9 Å². The van der Waals surface area contributed by atoms with E-state index < -0.39 is 11.8 Å². The molecule has 1 spiro atoms. The van der Waals surface area contributed by atoms with E-state index >= 15 is 0 Å². The first-order chi connectivity index (χ1) is 11.2. The van der Waals surface area contributed by atoms with Gasteiger partial charge in [0.25, 0.3) is 0 Å². The van der Waals surface area contributed by atoms with E-state index in [0.717, 1.165) is 31.5 Å². The van der Waals surface area contributed by atoms with E-state index in [1.807, 2.05) is 12.1 Å². The van der Waals surface area contributed by atoms with Crippen LogP contribution in [-0.4, -0.2) is 51.5 Å². The van der Waals surface area contributed by atoms with Crippen LogP contribution in [0.1, 0.15) is 18.7 Å². The van der Waals surface area contributed by atoms with Gasteiger partial charge in [-0.25, -0.2) is 4.79 Å². The number of pyridine rings is 1. The number of nitrogens with zero attached hydrogens (tertiary/aromatic N) is 4. The van der Waals surface area contributed by atoms with Crippen molar-refractivity contribution in [3.63, 3.8) is 0 Å². The highest BCUT2D eigenvalue weighted by molar-refractivity contribution is 5.62. The molecule has 2 aromatic rings. The average Bonchev–Trinajstić information content (AvgIpc) is 3.18. The van der Waals surface area contributed by atoms with Gasteiger partial charge < -0.3 is 14.0 Å². The zero-order valence-electron chi connectivity index (χ0n) is 12.5. The molecule has 4 rings (SSSR count). The van der Waals surface area contributed by atoms with Crippen molar-refractivity contribution >= 4 is 6.16 Å². The van der Waals surface area contributed by atoms with Gasteiger partial charge in [-0.15, -0.1) is 0 Å². The molecule has 2 fully saturated rings. The molecule has 0 unspecified atom stereocenters. The van der Waals surface area contributed by atoms with E-state index in [4.69, 9.17) is 14.0 Å². The molecule has 0 amide bonds. The third-order valence-corrected chi connectivity index (χ3v) is 4.29. The maximum atomic E-state index is 11.1. The fourth-order valence-corrected chi connectivity index (χ4v) is 2.92. The van der Waals surface area contributed by atoms with Crippen LogP contribution in [0, 0.1) is 0 Å². The van der Waals surface area contributed by atoms with Crippen LogP contribution in [0.4, 0.5) is 4.79 Å². The summed E-state index contributed by atoms with van der Waals surface area (Å²) < 4.78 is 15.6. The second kappa shape index (κ2) is 5.62. The number of carbonyl (C=O) groups is 1. The van der Waals surface area contributed by atoms with Crippen LogP contribution in [-0.2, 0) is 16.0 Å². The van der Waals surface area contributed by atoms with Crippen LogP contribution < -0.4 is 0 Å². The Labute approximate surface area is 132 Å². The third-order valence-electron chi connectivity index (χ3n) is 4.29. The Morgan fingerprint density at radius 3 is 2.70 bits per heavy atom. The molecule has 0 atom stereocenters. The van der Waals surface area contributed by atoms with Crippen molar-refractivity contribution in [3.8, 4) is 11.4 Å². The molecule has 2 saturated heterocycles. The number of piperidine rings is 1. The molecule has 0 aliphatic carbocycles. The van der Waals surface area contributed by atoms with Crippen LogP contribution in [0.2, 0.25) is 0 Å². The van der Waals surface area contributed by atoms with Crippen molar-refractivity contribution in [2.45, 2.75) is 25.0 Å². The molecule has 4 heterocycles. The van der Waals surface area contributed by atoms with Gasteiger partial charge in [0.1, 0.15) is 6.61 Å². The summed E-state index contributed by atoms with van der Waals surface area (Å²) in [5.41, 5.74) is 0.438. The van der Waals surface area contributed by atoms with Gasteiger partial charge in [0.2, 0.25) is 11.7 Å². The molecular formula is C15H16N4O4. The lowest BCUT2D eigenvalue weighted by molar-refractivity contribution is -0.00374. The molecule has 0 N–H and O–H groups in total. The second-order valence-corrected chi connectivity index (χ2v) is 5.85. The zero-order valence-corrected chi connectivity index (χ0v) is 12.5. The van der Waals surface area contributed by atoms with Gasteiger partial charge in [-0.05, 0) is 12.1 Å². The summed E-state index contributed by atoms with van der Waals surface area (Å²) >= 11 is 0. The number of hydrogen-bond donors (Lipinski definition) is 0. The molecule has 0 radical (unpaired) electrons. The Hall–Kier alpha value is -2.48. The van der Waals surface area contributed by atoms with E-state index in [1.165, 1.54) is 0 Å². The Morgan fingerprint density at radius 1 is 1.22 bits per heavy atom. The largest absolute Gasteiger partial charge is 0.509 e. The molecule has 8 nitrogen and oxygen atoms in total. The molecule has 0 bridgehead atoms. The minimum atomic E-state index is -0.558. The van der Waals surface area contributed by atoms with Crippen molar-refractivity contribution in [1.82, 2.24) is 20.0 Å². The van der Waals surface area contributed by atoms with Crippen molar-refractivity contribution in [2.24, 2.45) is 0 Å². The van der Waals surface area contributed by atoms with Crippen molar-refractivity contribution in [2.75, 3.05) is 19.7 Å². The maximum absolute atomic E-state index is 11.1. The lowest BCUT2D eigenvalue weighted by Crippen LogP contribution is -2.45. The molecule has 0 aromatic carbocycles. The van der Waals surface area contributed by atoms with Crippen LogP contribution >= 0.6 is 0 Å². The van der Waals surface area contributed by atoms with E-state index in [2.05, 4.69) is 20.0 Å². The van der Waals surface area contributed by atoms with E-state index in [1.54, 1.807) is 12.4 Å². The summed E-state index contributed by atoms with van der Waals surface area (Å²) in [4.78, 5) is 21.7. The number of rotatable bonds is 3. The quantitative estimate of drug-likeness (QED) is 0.789. The standard InChI is InChI=1S/C15H16N4O4/c20-14-21-10-15(22-14)3-7-19(8-4-15)9-12-17-13(18-23-12)11-1-5-16-6-2-11/h1-2,5-6H,3-4,7-10H2. The molecule has 120 valence electrons. The molecule has 0 saturated carbocycles. The first-order valence-corrected chi connectivity index (χ1v) is 7.54. The third kappa shape index (κ3) is 2.89. The van der Waals surface area contributed by atoms with E-state index in [0.29, 0.717) is 24.9 Å². The predicted molar refractivity (Wildman–Crippen MR) is 77.2 cm³/mol. The van der Waals surface area contributed by atoms with Crippen LogP contribution in [0.5, 0.6) is 0 Å². The van der Waals surface area contributed by atoms with Crippen molar-refractivity contribution in [3.05, 3.63) is 30.4 Å². The number of aromatic nitrogens is 3. The summed E-state index contributed by atoms with van der Waals surface area (Å²) in [7, 11) is 0. The first-order valence-electron chi connectivity index (χ1n) is 7.54. The highest BCUT2D eigenvalue weighted by Gasteiger charge is 2.44. The Balaban J connectivity index is 1.37. The van der Waals surface area contributed by atoms with Crippen LogP contribution in [0.3, 0.4) is 0 Å². The monoisotopic (exact) mass is 316 g/mol. The molecule has 23 heavy (non-hydrogen) atoms. The summed E-state index contributed by atoms with van der Waals surface area (Å²) in [6.07, 6.45) is 4.34. The average molecular weight is 316 g/mol. The normalized spacial score (nSPS) is 20.4. The van der Waals surface area contributed by atoms with E-state index in [9.17, 15) is 4.79 Å². The molecular weight excluding hydrogens is 300 g/mol. The highest BCUT2D eigenvalue weighted by atomic mass is 16.8. The molecule has 8 heteroatoms. The van der Waals surface area contributed by atoms with Gasteiger partial charge in [-0.1, -0.05) is 5.16 Å². The topological polar surface area (TPSA) is 90.6 Å². The Bertz CT molecular complexity index is 695. The fraction of sp³-hybridized carbons (Fsp3) is 0.467. The molecule has 2 aliphatic rings. The lowest BCUT2D eigenvalue weighted by atomic mass is 9.92. The van der Waals surface area contributed by atoms with Crippen LogP contribution in [0.15, 0.2) is 29.0 Å². The Kier molecular flexibility index (Phi) is 3.45. The molecule has 2 aromatic heterocycles. The minimum Gasteiger partial charge on any atom is -0.430 e. The van der Waals surface area contributed by atoms with Crippen molar-refractivity contribution < 1.29 is 18.8 Å². The van der Waals surface area contributed by atoms with Gasteiger partial charge in [0.05, 0.1) is 6.54 Å². The fourth-order valence-electron chi connectivity index (χ4n) is 2.92.